The predicted molar refractivity (Wildman–Crippen MR) is 125 cm³/mol. The minimum absolute atomic E-state index is 0.00904. The van der Waals surface area contributed by atoms with Crippen molar-refractivity contribution in [2.45, 2.75) is 30.4 Å². The van der Waals surface area contributed by atoms with E-state index in [-0.39, 0.29) is 16.8 Å². The monoisotopic (exact) mass is 645 g/mol. The quantitative estimate of drug-likeness (QED) is 0.274. The average molecular weight is 645 g/mol. The molecule has 44 heavy (non-hydrogen) atoms. The van der Waals surface area contributed by atoms with Gasteiger partial charge in [0.1, 0.15) is 0 Å². The second-order valence-electron chi connectivity index (χ2n) is 8.77. The van der Waals surface area contributed by atoms with Gasteiger partial charge in [0, 0.05) is 22.4 Å². The summed E-state index contributed by atoms with van der Waals surface area (Å²) < 4.78 is 176. The highest BCUT2D eigenvalue weighted by molar-refractivity contribution is 6.08. The molecule has 3 aromatic rings. The van der Waals surface area contributed by atoms with Crippen molar-refractivity contribution in [3.8, 4) is 6.07 Å². The van der Waals surface area contributed by atoms with Crippen LogP contribution in [0.2, 0.25) is 0 Å². The third kappa shape index (κ3) is 6.71. The summed E-state index contributed by atoms with van der Waals surface area (Å²) >= 11 is 0. The topological polar surface area (TPSA) is 82.0 Å². The van der Waals surface area contributed by atoms with Gasteiger partial charge in [0.2, 0.25) is 0 Å². The van der Waals surface area contributed by atoms with E-state index in [0.29, 0.717) is 0 Å². The van der Waals surface area contributed by atoms with Crippen LogP contribution in [0.3, 0.4) is 0 Å². The van der Waals surface area contributed by atoms with E-state index in [2.05, 4.69) is 5.32 Å². The Bertz CT molecular complexity index is 1570. The summed E-state index contributed by atoms with van der Waals surface area (Å²) in [5, 5.41) is 12.3. The van der Waals surface area contributed by atoms with Gasteiger partial charge in [-0.25, -0.2) is 4.39 Å². The molecule has 18 heteroatoms. The van der Waals surface area contributed by atoms with Crippen LogP contribution in [-0.2, 0) is 18.0 Å². The molecule has 2 amide bonds. The highest BCUT2D eigenvalue weighted by Gasteiger charge is 2.74. The molecule has 0 unspecified atom stereocenters. The van der Waals surface area contributed by atoms with E-state index in [9.17, 15) is 66.7 Å². The molecule has 0 aliphatic heterocycles. The summed E-state index contributed by atoms with van der Waals surface area (Å²) in [4.78, 5) is 25.1. The maximum Gasteiger partial charge on any atom is 0.435 e. The third-order valence-electron chi connectivity index (χ3n) is 5.83. The van der Waals surface area contributed by atoms with Crippen molar-refractivity contribution < 1.29 is 66.7 Å². The van der Waals surface area contributed by atoms with Crippen LogP contribution >= 0.6 is 0 Å². The molecule has 0 saturated carbocycles. The van der Waals surface area contributed by atoms with Gasteiger partial charge in [0.05, 0.1) is 28.4 Å². The fourth-order valence-electron chi connectivity index (χ4n) is 3.73. The number of amides is 2. The van der Waals surface area contributed by atoms with Crippen LogP contribution in [0, 0.1) is 11.3 Å². The molecule has 234 valence electrons. The summed E-state index contributed by atoms with van der Waals surface area (Å²) in [5.74, 6) is -2.60. The lowest BCUT2D eigenvalue weighted by Gasteiger charge is -2.32. The molecule has 3 rings (SSSR count). The van der Waals surface area contributed by atoms with Crippen molar-refractivity contribution in [2.24, 2.45) is 0 Å². The molecular formula is C26H12F13N3O2. The maximum absolute atomic E-state index is 14.5. The third-order valence-corrected chi connectivity index (χ3v) is 5.83. The van der Waals surface area contributed by atoms with Gasteiger partial charge >= 0.3 is 30.4 Å². The van der Waals surface area contributed by atoms with Crippen molar-refractivity contribution in [3.05, 3.63) is 94.0 Å². The maximum atomic E-state index is 14.5. The van der Waals surface area contributed by atoms with Gasteiger partial charge < -0.3 is 10.6 Å². The first-order valence-electron chi connectivity index (χ1n) is 11.4. The second kappa shape index (κ2) is 11.4. The van der Waals surface area contributed by atoms with E-state index >= 15 is 0 Å². The Hall–Kier alpha value is -4.82. The van der Waals surface area contributed by atoms with Gasteiger partial charge in [-0.3, -0.25) is 9.59 Å². The summed E-state index contributed by atoms with van der Waals surface area (Å²) in [6, 6.07) is 8.33. The Labute approximate surface area is 236 Å². The lowest BCUT2D eigenvalue weighted by atomic mass is 9.89. The molecule has 0 aromatic heterocycles. The van der Waals surface area contributed by atoms with Crippen molar-refractivity contribution in [1.82, 2.24) is 0 Å². The van der Waals surface area contributed by atoms with E-state index in [1.165, 1.54) is 29.6 Å². The molecule has 0 aliphatic rings. The fourth-order valence-corrected chi connectivity index (χ4v) is 3.73. The van der Waals surface area contributed by atoms with E-state index in [1.54, 1.807) is 6.07 Å². The Balaban J connectivity index is 2.10. The first-order valence-corrected chi connectivity index (χ1v) is 11.4. The number of halogens is 13. The fraction of sp³-hybridized carbons (Fsp3) is 0.192. The number of nitriles is 1. The zero-order chi connectivity index (χ0) is 33.5. The van der Waals surface area contributed by atoms with Crippen LogP contribution in [0.15, 0.2) is 60.7 Å². The molecule has 0 saturated heterocycles. The Kier molecular flexibility index (Phi) is 8.69. The molecule has 0 fully saturated rings. The van der Waals surface area contributed by atoms with Gasteiger partial charge in [0.25, 0.3) is 11.8 Å². The van der Waals surface area contributed by atoms with Gasteiger partial charge in [0.15, 0.2) is 0 Å². The number of carbonyl (C=O) groups excluding carboxylic acids is 2. The molecule has 0 heterocycles. The summed E-state index contributed by atoms with van der Waals surface area (Å²) in [7, 11) is 0. The van der Waals surface area contributed by atoms with Crippen molar-refractivity contribution >= 4 is 23.2 Å². The van der Waals surface area contributed by atoms with Gasteiger partial charge in [-0.1, -0.05) is 6.07 Å². The minimum Gasteiger partial charge on any atom is -0.322 e. The van der Waals surface area contributed by atoms with Crippen molar-refractivity contribution in [1.29, 1.82) is 5.26 Å². The number of nitrogens with one attached hydrogen (secondary N) is 2. The minimum atomic E-state index is -7.05. The summed E-state index contributed by atoms with van der Waals surface area (Å²) in [6.45, 7) is 0. The number of hydrogen-bond donors (Lipinski definition) is 2. The normalized spacial score (nSPS) is 12.8. The number of hydrogen-bond acceptors (Lipinski definition) is 3. The van der Waals surface area contributed by atoms with Crippen molar-refractivity contribution in [3.63, 3.8) is 0 Å². The molecule has 2 N–H and O–H groups in total. The lowest BCUT2D eigenvalue weighted by Crippen LogP contribution is -2.50. The first-order chi connectivity index (χ1) is 20.0. The Morgan fingerprint density at radius 2 is 1.09 bits per heavy atom. The highest BCUT2D eigenvalue weighted by Crippen LogP contribution is 2.55. The summed E-state index contributed by atoms with van der Waals surface area (Å²) in [5.41, 5.74) is -18.5. The second-order valence-corrected chi connectivity index (χ2v) is 8.77. The average Bonchev–Trinajstić information content (AvgIpc) is 2.90. The molecule has 3 aromatic carbocycles. The molecule has 0 spiro atoms. The van der Waals surface area contributed by atoms with Crippen molar-refractivity contribution in [2.75, 3.05) is 10.6 Å². The smallest absolute Gasteiger partial charge is 0.322 e. The first kappa shape index (κ1) is 33.7. The van der Waals surface area contributed by atoms with Gasteiger partial charge in [-0.2, -0.15) is 57.9 Å². The highest BCUT2D eigenvalue weighted by atomic mass is 19.4. The van der Waals surface area contributed by atoms with Gasteiger partial charge in [-0.05, 0) is 54.6 Å². The van der Waals surface area contributed by atoms with E-state index in [0.717, 1.165) is 24.3 Å². The molecule has 0 atom stereocenters. The van der Waals surface area contributed by atoms with E-state index in [1.807, 2.05) is 0 Å². The zero-order valence-corrected chi connectivity index (χ0v) is 21.0. The number of nitrogens with zero attached hydrogens (tertiary/aromatic N) is 1. The molecule has 0 bridgehead atoms. The SMILES string of the molecule is N#Cc1ccc(C(=O)Nc2cccc(C(=O)Nc3c(C(F)(F)F)cc(C(F)(C(F)(F)F)C(F)(F)F)cc3C(F)(F)F)c2)cc1. The van der Waals surface area contributed by atoms with E-state index in [4.69, 9.17) is 5.26 Å². The largest absolute Gasteiger partial charge is 0.435 e. The number of rotatable bonds is 5. The summed E-state index contributed by atoms with van der Waals surface area (Å²) in [6.07, 6.45) is -26.4. The Morgan fingerprint density at radius 1 is 0.614 bits per heavy atom. The standard InChI is InChI=1S/C26H12F13N3O2/c27-22(25(34,35)36,26(37,38)39)15-9-17(23(28,29)30)19(18(10-15)24(31,32)33)42-21(44)14-2-1-3-16(8-14)41-20(43)13-6-4-12(11-40)5-7-13/h1-10H,(H,41,43)(H,42,44). The van der Waals surface area contributed by atoms with Crippen LogP contribution < -0.4 is 10.6 Å². The molecule has 0 aliphatic carbocycles. The van der Waals surface area contributed by atoms with Crippen LogP contribution in [0.1, 0.15) is 43.0 Å². The molecule has 5 nitrogen and oxygen atoms in total. The van der Waals surface area contributed by atoms with E-state index < -0.39 is 82.3 Å². The Morgan fingerprint density at radius 3 is 1.52 bits per heavy atom. The zero-order valence-electron chi connectivity index (χ0n) is 21.0. The van der Waals surface area contributed by atoms with Crippen LogP contribution in [0.5, 0.6) is 0 Å². The van der Waals surface area contributed by atoms with Crippen LogP contribution in [0.25, 0.3) is 0 Å². The number of carbonyl (C=O) groups is 2. The number of anilines is 2. The molecule has 0 radical (unpaired) electrons. The number of alkyl halides is 13. The number of benzene rings is 3. The van der Waals surface area contributed by atoms with Crippen LogP contribution in [-0.4, -0.2) is 24.2 Å². The predicted octanol–water partition coefficient (Wildman–Crippen LogP) is 8.39. The molecular weight excluding hydrogens is 633 g/mol. The van der Waals surface area contributed by atoms with Crippen LogP contribution in [0.4, 0.5) is 68.5 Å². The van der Waals surface area contributed by atoms with Gasteiger partial charge in [-0.15, -0.1) is 0 Å². The lowest BCUT2D eigenvalue weighted by molar-refractivity contribution is -0.348.